The monoisotopic (exact) mass is 280 g/mol. The van der Waals surface area contributed by atoms with Crippen molar-refractivity contribution in [3.63, 3.8) is 0 Å². The smallest absolute Gasteiger partial charge is 0.0897 e. The second-order valence-electron chi connectivity index (χ2n) is 5.21. The molecular formula is C15H24N2O3. The Morgan fingerprint density at radius 3 is 3.15 bits per heavy atom. The van der Waals surface area contributed by atoms with Crippen LogP contribution in [-0.4, -0.2) is 48.7 Å². The lowest BCUT2D eigenvalue weighted by Crippen LogP contribution is -2.33. The third-order valence-electron chi connectivity index (χ3n) is 3.43. The molecule has 5 heteroatoms. The summed E-state index contributed by atoms with van der Waals surface area (Å²) in [5, 5.41) is 13.1. The van der Waals surface area contributed by atoms with Gasteiger partial charge in [-0.05, 0) is 31.9 Å². The molecule has 2 unspecified atom stereocenters. The van der Waals surface area contributed by atoms with E-state index in [0.717, 1.165) is 25.1 Å². The molecule has 112 valence electrons. The fourth-order valence-electron chi connectivity index (χ4n) is 2.22. The Balaban J connectivity index is 1.58. The second-order valence-corrected chi connectivity index (χ2v) is 5.21. The molecule has 20 heavy (non-hydrogen) atoms. The Bertz CT molecular complexity index is 369. The molecule has 3 atom stereocenters. The van der Waals surface area contributed by atoms with Crippen LogP contribution < -0.4 is 5.32 Å². The van der Waals surface area contributed by atoms with Crippen molar-refractivity contribution in [2.75, 3.05) is 26.4 Å². The van der Waals surface area contributed by atoms with Crippen molar-refractivity contribution in [2.45, 2.75) is 38.0 Å². The van der Waals surface area contributed by atoms with Crippen molar-refractivity contribution in [1.29, 1.82) is 0 Å². The van der Waals surface area contributed by atoms with E-state index < -0.39 is 6.10 Å². The van der Waals surface area contributed by atoms with Crippen LogP contribution in [0.4, 0.5) is 0 Å². The van der Waals surface area contributed by atoms with Crippen LogP contribution in [0.5, 0.6) is 0 Å². The number of pyridine rings is 1. The van der Waals surface area contributed by atoms with Gasteiger partial charge in [0.25, 0.3) is 0 Å². The average Bonchev–Trinajstić information content (AvgIpc) is 2.99. The van der Waals surface area contributed by atoms with E-state index >= 15 is 0 Å². The first kappa shape index (κ1) is 15.4. The summed E-state index contributed by atoms with van der Waals surface area (Å²) in [6.45, 7) is 4.26. The molecule has 0 aromatic carbocycles. The first-order valence-corrected chi connectivity index (χ1v) is 7.27. The highest BCUT2D eigenvalue weighted by Crippen LogP contribution is 2.12. The zero-order chi connectivity index (χ0) is 14.2. The highest BCUT2D eigenvalue weighted by Gasteiger charge is 2.16. The Kier molecular flexibility index (Phi) is 6.39. The number of hydrogen-bond donors (Lipinski definition) is 2. The van der Waals surface area contributed by atoms with Crippen LogP contribution in [0.25, 0.3) is 0 Å². The molecule has 2 rings (SSSR count). The molecular weight excluding hydrogens is 256 g/mol. The van der Waals surface area contributed by atoms with Crippen LogP contribution in [0.15, 0.2) is 24.4 Å². The summed E-state index contributed by atoms with van der Waals surface area (Å²) < 4.78 is 10.9. The summed E-state index contributed by atoms with van der Waals surface area (Å²) in [5.41, 5.74) is 0.972. The third-order valence-corrected chi connectivity index (χ3v) is 3.43. The minimum Gasteiger partial charge on any atom is -0.389 e. The van der Waals surface area contributed by atoms with Crippen molar-refractivity contribution >= 4 is 0 Å². The number of aliphatic hydroxyl groups excluding tert-OH is 1. The predicted octanol–water partition coefficient (Wildman–Crippen LogP) is 1.29. The molecule has 0 amide bonds. The first-order chi connectivity index (χ1) is 9.75. The van der Waals surface area contributed by atoms with Gasteiger partial charge >= 0.3 is 0 Å². The minimum absolute atomic E-state index is 0.115. The third kappa shape index (κ3) is 5.17. The maximum absolute atomic E-state index is 9.87. The molecule has 1 aliphatic rings. The number of aliphatic hydroxyl groups is 1. The molecule has 0 spiro atoms. The van der Waals surface area contributed by atoms with Crippen molar-refractivity contribution in [2.24, 2.45) is 0 Å². The van der Waals surface area contributed by atoms with Crippen LogP contribution >= 0.6 is 0 Å². The summed E-state index contributed by atoms with van der Waals surface area (Å²) in [5.74, 6) is 0. The highest BCUT2D eigenvalue weighted by atomic mass is 16.5. The highest BCUT2D eigenvalue weighted by molar-refractivity contribution is 5.07. The van der Waals surface area contributed by atoms with Crippen LogP contribution in [-0.2, 0) is 9.47 Å². The zero-order valence-corrected chi connectivity index (χ0v) is 12.0. The summed E-state index contributed by atoms with van der Waals surface area (Å²) in [6, 6.07) is 5.94. The molecule has 1 aliphatic heterocycles. The Hall–Kier alpha value is -1.01. The number of aromatic nitrogens is 1. The molecule has 2 heterocycles. The minimum atomic E-state index is -0.512. The van der Waals surface area contributed by atoms with Crippen LogP contribution in [0, 0.1) is 0 Å². The van der Waals surface area contributed by atoms with E-state index in [1.54, 1.807) is 6.20 Å². The quantitative estimate of drug-likeness (QED) is 0.751. The van der Waals surface area contributed by atoms with E-state index in [-0.39, 0.29) is 12.1 Å². The summed E-state index contributed by atoms with van der Waals surface area (Å²) in [6.07, 6.45) is 3.64. The molecule has 0 bridgehead atoms. The molecule has 0 saturated carbocycles. The molecule has 1 aromatic rings. The van der Waals surface area contributed by atoms with E-state index in [0.29, 0.717) is 19.8 Å². The van der Waals surface area contributed by atoms with Gasteiger partial charge in [0.2, 0.25) is 0 Å². The number of rotatable bonds is 8. The van der Waals surface area contributed by atoms with Gasteiger partial charge in [0.05, 0.1) is 31.1 Å². The molecule has 1 aromatic heterocycles. The van der Waals surface area contributed by atoms with Crippen LogP contribution in [0.3, 0.4) is 0 Å². The molecule has 1 saturated heterocycles. The number of hydrogen-bond acceptors (Lipinski definition) is 5. The maximum atomic E-state index is 9.87. The van der Waals surface area contributed by atoms with E-state index in [1.165, 1.54) is 0 Å². The average molecular weight is 280 g/mol. The SMILES string of the molecule is C[C@@H](NCC(O)COCC1CCCO1)c1ccccn1. The van der Waals surface area contributed by atoms with E-state index in [4.69, 9.17) is 9.47 Å². The Labute approximate surface area is 120 Å². The van der Waals surface area contributed by atoms with Gasteiger partial charge < -0.3 is 19.9 Å². The lowest BCUT2D eigenvalue weighted by molar-refractivity contribution is -0.0168. The van der Waals surface area contributed by atoms with Gasteiger partial charge in [-0.15, -0.1) is 0 Å². The van der Waals surface area contributed by atoms with Gasteiger partial charge in [0, 0.05) is 25.4 Å². The van der Waals surface area contributed by atoms with Gasteiger partial charge in [-0.2, -0.15) is 0 Å². The summed E-state index contributed by atoms with van der Waals surface area (Å²) in [4.78, 5) is 4.28. The van der Waals surface area contributed by atoms with Crippen molar-refractivity contribution < 1.29 is 14.6 Å². The predicted molar refractivity (Wildman–Crippen MR) is 76.5 cm³/mol. The normalized spacial score (nSPS) is 21.8. The Morgan fingerprint density at radius 1 is 1.55 bits per heavy atom. The van der Waals surface area contributed by atoms with E-state index in [9.17, 15) is 5.11 Å². The zero-order valence-electron chi connectivity index (χ0n) is 12.0. The van der Waals surface area contributed by atoms with Crippen molar-refractivity contribution in [3.8, 4) is 0 Å². The lowest BCUT2D eigenvalue weighted by Gasteiger charge is -2.17. The molecule has 2 N–H and O–H groups in total. The lowest BCUT2D eigenvalue weighted by atomic mass is 10.2. The van der Waals surface area contributed by atoms with Crippen molar-refractivity contribution in [3.05, 3.63) is 30.1 Å². The van der Waals surface area contributed by atoms with E-state index in [2.05, 4.69) is 10.3 Å². The van der Waals surface area contributed by atoms with E-state index in [1.807, 2.05) is 25.1 Å². The molecule has 1 fully saturated rings. The van der Waals surface area contributed by atoms with Gasteiger partial charge in [0.15, 0.2) is 0 Å². The van der Waals surface area contributed by atoms with Gasteiger partial charge in [-0.1, -0.05) is 6.07 Å². The molecule has 0 radical (unpaired) electrons. The summed E-state index contributed by atoms with van der Waals surface area (Å²) >= 11 is 0. The van der Waals surface area contributed by atoms with Crippen LogP contribution in [0.1, 0.15) is 31.5 Å². The largest absolute Gasteiger partial charge is 0.389 e. The molecule has 5 nitrogen and oxygen atoms in total. The fourth-order valence-corrected chi connectivity index (χ4v) is 2.22. The maximum Gasteiger partial charge on any atom is 0.0897 e. The Morgan fingerprint density at radius 2 is 2.45 bits per heavy atom. The topological polar surface area (TPSA) is 63.6 Å². The molecule has 0 aliphatic carbocycles. The number of nitrogens with zero attached hydrogens (tertiary/aromatic N) is 1. The van der Waals surface area contributed by atoms with Gasteiger partial charge in [-0.3, -0.25) is 4.98 Å². The second kappa shape index (κ2) is 8.32. The number of ether oxygens (including phenoxy) is 2. The fraction of sp³-hybridized carbons (Fsp3) is 0.667. The number of nitrogens with one attached hydrogen (secondary N) is 1. The van der Waals surface area contributed by atoms with Gasteiger partial charge in [-0.25, -0.2) is 0 Å². The standard InChI is InChI=1S/C15H24N2O3/c1-12(15-6-2-3-7-16-15)17-9-13(18)10-19-11-14-5-4-8-20-14/h2-3,6-7,12-14,17-18H,4-5,8-11H2,1H3/t12-,13?,14?/m1/s1. The van der Waals surface area contributed by atoms with Crippen molar-refractivity contribution in [1.82, 2.24) is 10.3 Å². The summed E-state index contributed by atoms with van der Waals surface area (Å²) in [7, 11) is 0. The van der Waals surface area contributed by atoms with Gasteiger partial charge in [0.1, 0.15) is 0 Å². The first-order valence-electron chi connectivity index (χ1n) is 7.27. The van der Waals surface area contributed by atoms with Crippen LogP contribution in [0.2, 0.25) is 0 Å².